The molecule has 0 bridgehead atoms. The summed E-state index contributed by atoms with van der Waals surface area (Å²) in [7, 11) is -3.92. The number of nitrogens with one attached hydrogen (secondary N) is 1. The molecule has 1 atom stereocenters. The van der Waals surface area contributed by atoms with Crippen LogP contribution in [0.1, 0.15) is 19.8 Å². The second-order valence-corrected chi connectivity index (χ2v) is 11.3. The van der Waals surface area contributed by atoms with E-state index in [-0.39, 0.29) is 29.5 Å². The molecule has 1 unspecified atom stereocenters. The molecule has 6 nitrogen and oxygen atoms in total. The largest absolute Gasteiger partial charge is 0.369 e. The first-order valence-corrected chi connectivity index (χ1v) is 13.7. The molecule has 2 saturated heterocycles. The topological polar surface area (TPSA) is 55.9 Å². The van der Waals surface area contributed by atoms with Gasteiger partial charge in [0.1, 0.15) is 11.6 Å². The molecule has 36 heavy (non-hydrogen) atoms. The lowest BCUT2D eigenvalue weighted by atomic mass is 9.92. The first-order valence-electron chi connectivity index (χ1n) is 12.2. The molecule has 0 saturated carbocycles. The van der Waals surface area contributed by atoms with Crippen LogP contribution in [0.4, 0.5) is 28.9 Å². The van der Waals surface area contributed by atoms with Crippen LogP contribution in [-0.2, 0) is 10.0 Å². The van der Waals surface area contributed by atoms with Crippen molar-refractivity contribution in [2.45, 2.75) is 30.6 Å². The average Bonchev–Trinajstić information content (AvgIpc) is 2.84. The molecule has 2 fully saturated rings. The zero-order chi connectivity index (χ0) is 25.9. The summed E-state index contributed by atoms with van der Waals surface area (Å²) in [6, 6.07) is 9.97. The lowest BCUT2D eigenvalue weighted by Gasteiger charge is -2.37. The monoisotopic (exact) mass is 528 g/mol. The van der Waals surface area contributed by atoms with Crippen molar-refractivity contribution in [3.05, 3.63) is 54.1 Å². The molecule has 4 rings (SSSR count). The predicted molar refractivity (Wildman–Crippen MR) is 132 cm³/mol. The summed E-state index contributed by atoms with van der Waals surface area (Å²) >= 11 is 0. The standard InChI is InChI=1S/C25H32F4N4O2S/c1-25(28,29)19-3-2-11-33(18-19)24-9-8-22(17-23(24)27)36(34,35)30-10-12-31-13-15-32(16-14-31)21-6-4-20(26)5-7-21/h4-9,17,19,30H,2-3,10-16,18H2,1H3. The highest BCUT2D eigenvalue weighted by atomic mass is 32.2. The van der Waals surface area contributed by atoms with Gasteiger partial charge in [0.05, 0.1) is 10.6 Å². The number of halogens is 4. The van der Waals surface area contributed by atoms with Gasteiger partial charge in [0.15, 0.2) is 0 Å². The SMILES string of the molecule is CC(F)(F)C1CCCN(c2ccc(S(=O)(=O)NCCN3CCN(c4ccc(F)cc4)CC3)cc2F)C1. The number of rotatable bonds is 8. The number of alkyl halides is 2. The minimum absolute atomic E-state index is 0.0270. The van der Waals surface area contributed by atoms with E-state index in [0.29, 0.717) is 25.9 Å². The molecule has 2 aliphatic heterocycles. The summed E-state index contributed by atoms with van der Waals surface area (Å²) in [5.41, 5.74) is 1.09. The maximum absolute atomic E-state index is 14.8. The molecule has 0 aromatic heterocycles. The maximum atomic E-state index is 14.8. The molecule has 2 heterocycles. The Bertz CT molecular complexity index is 1130. The van der Waals surface area contributed by atoms with Crippen LogP contribution >= 0.6 is 0 Å². The first kappa shape index (κ1) is 26.7. The summed E-state index contributed by atoms with van der Waals surface area (Å²) < 4.78 is 83.4. The third kappa shape index (κ3) is 6.49. The minimum Gasteiger partial charge on any atom is -0.369 e. The predicted octanol–water partition coefficient (Wildman–Crippen LogP) is 3.94. The Labute approximate surface area is 209 Å². The zero-order valence-corrected chi connectivity index (χ0v) is 21.1. The highest BCUT2D eigenvalue weighted by molar-refractivity contribution is 7.89. The van der Waals surface area contributed by atoms with E-state index in [0.717, 1.165) is 44.9 Å². The molecule has 2 aliphatic rings. The molecular weight excluding hydrogens is 496 g/mol. The number of hydrogen-bond acceptors (Lipinski definition) is 5. The van der Waals surface area contributed by atoms with Gasteiger partial charge in [-0.3, -0.25) is 4.90 Å². The quantitative estimate of drug-likeness (QED) is 0.527. The van der Waals surface area contributed by atoms with Gasteiger partial charge in [0.25, 0.3) is 0 Å². The van der Waals surface area contributed by atoms with Crippen molar-refractivity contribution in [3.63, 3.8) is 0 Å². The van der Waals surface area contributed by atoms with E-state index in [2.05, 4.69) is 14.5 Å². The fraction of sp³-hybridized carbons (Fsp3) is 0.520. The number of sulfonamides is 1. The van der Waals surface area contributed by atoms with Crippen LogP contribution in [0.15, 0.2) is 47.4 Å². The molecule has 198 valence electrons. The van der Waals surface area contributed by atoms with Gasteiger partial charge >= 0.3 is 0 Å². The van der Waals surface area contributed by atoms with Gasteiger partial charge in [-0.15, -0.1) is 0 Å². The summed E-state index contributed by atoms with van der Waals surface area (Å²) in [5.74, 6) is -4.74. The normalized spacial score (nSPS) is 20.1. The number of nitrogens with zero attached hydrogens (tertiary/aromatic N) is 3. The van der Waals surface area contributed by atoms with Crippen molar-refractivity contribution < 1.29 is 26.0 Å². The summed E-state index contributed by atoms with van der Waals surface area (Å²) in [6.45, 7) is 4.97. The molecule has 2 aromatic carbocycles. The van der Waals surface area contributed by atoms with Crippen molar-refractivity contribution in [3.8, 4) is 0 Å². The zero-order valence-electron chi connectivity index (χ0n) is 20.3. The van der Waals surface area contributed by atoms with Crippen LogP contribution in [0.2, 0.25) is 0 Å². The third-order valence-electron chi connectivity index (χ3n) is 6.99. The van der Waals surface area contributed by atoms with E-state index < -0.39 is 27.7 Å². The van der Waals surface area contributed by atoms with E-state index in [4.69, 9.17) is 0 Å². The van der Waals surface area contributed by atoms with Gasteiger partial charge in [0.2, 0.25) is 15.9 Å². The van der Waals surface area contributed by atoms with Crippen molar-refractivity contribution in [1.29, 1.82) is 0 Å². The van der Waals surface area contributed by atoms with E-state index in [1.165, 1.54) is 24.3 Å². The van der Waals surface area contributed by atoms with E-state index in [1.54, 1.807) is 17.0 Å². The number of anilines is 2. The van der Waals surface area contributed by atoms with Crippen molar-refractivity contribution in [2.24, 2.45) is 5.92 Å². The lowest BCUT2D eigenvalue weighted by molar-refractivity contribution is -0.0440. The summed E-state index contributed by atoms with van der Waals surface area (Å²) in [5, 5.41) is 0. The van der Waals surface area contributed by atoms with E-state index in [9.17, 15) is 26.0 Å². The van der Waals surface area contributed by atoms with Crippen LogP contribution in [0.3, 0.4) is 0 Å². The van der Waals surface area contributed by atoms with E-state index in [1.807, 2.05) is 0 Å². The van der Waals surface area contributed by atoms with E-state index >= 15 is 0 Å². The molecule has 0 aliphatic carbocycles. The maximum Gasteiger partial charge on any atom is 0.249 e. The average molecular weight is 529 g/mol. The molecule has 1 N–H and O–H groups in total. The van der Waals surface area contributed by atoms with Crippen LogP contribution in [0.5, 0.6) is 0 Å². The van der Waals surface area contributed by atoms with Crippen LogP contribution in [0.25, 0.3) is 0 Å². The fourth-order valence-corrected chi connectivity index (χ4v) is 5.86. The molecular formula is C25H32F4N4O2S. The Hall–Kier alpha value is -2.37. The number of hydrogen-bond donors (Lipinski definition) is 1. The van der Waals surface area contributed by atoms with Crippen LogP contribution in [-0.4, -0.2) is 71.6 Å². The van der Waals surface area contributed by atoms with Crippen LogP contribution < -0.4 is 14.5 Å². The Morgan fingerprint density at radius 3 is 2.31 bits per heavy atom. The number of piperidine rings is 1. The van der Waals surface area contributed by atoms with Gasteiger partial charge in [0, 0.05) is 64.0 Å². The summed E-state index contributed by atoms with van der Waals surface area (Å²) in [4.78, 5) is 5.65. The molecule has 11 heteroatoms. The van der Waals surface area contributed by atoms with Gasteiger partial charge in [-0.1, -0.05) is 0 Å². The third-order valence-corrected chi connectivity index (χ3v) is 8.45. The summed E-state index contributed by atoms with van der Waals surface area (Å²) in [6.07, 6.45) is 0.895. The molecule has 0 spiro atoms. The number of benzene rings is 2. The van der Waals surface area contributed by atoms with Crippen molar-refractivity contribution >= 4 is 21.4 Å². The van der Waals surface area contributed by atoms with Crippen molar-refractivity contribution in [1.82, 2.24) is 9.62 Å². The Morgan fingerprint density at radius 1 is 0.972 bits per heavy atom. The van der Waals surface area contributed by atoms with Crippen molar-refractivity contribution in [2.75, 3.05) is 62.2 Å². The Morgan fingerprint density at radius 2 is 1.67 bits per heavy atom. The smallest absolute Gasteiger partial charge is 0.249 e. The first-order chi connectivity index (χ1) is 17.0. The molecule has 0 radical (unpaired) electrons. The molecule has 2 aromatic rings. The highest BCUT2D eigenvalue weighted by Gasteiger charge is 2.37. The van der Waals surface area contributed by atoms with Gasteiger partial charge < -0.3 is 9.80 Å². The highest BCUT2D eigenvalue weighted by Crippen LogP contribution is 2.34. The molecule has 0 amide bonds. The number of piperazine rings is 1. The van der Waals surface area contributed by atoms with Gasteiger partial charge in [-0.25, -0.2) is 30.7 Å². The minimum atomic E-state index is -3.92. The Balaban J connectivity index is 1.28. The van der Waals surface area contributed by atoms with Gasteiger partial charge in [-0.05, 0) is 62.2 Å². The van der Waals surface area contributed by atoms with Crippen LogP contribution in [0, 0.1) is 17.6 Å². The Kier molecular flexibility index (Phi) is 8.11. The fourth-order valence-electron chi connectivity index (χ4n) is 4.82. The van der Waals surface area contributed by atoms with Gasteiger partial charge in [-0.2, -0.15) is 0 Å². The second kappa shape index (κ2) is 10.9. The lowest BCUT2D eigenvalue weighted by Crippen LogP contribution is -2.48. The second-order valence-electron chi connectivity index (χ2n) is 9.56.